The molecule has 1 aromatic carbocycles. The molecule has 0 aromatic heterocycles. The van der Waals surface area contributed by atoms with Crippen molar-refractivity contribution in [3.05, 3.63) is 35.4 Å². The van der Waals surface area contributed by atoms with Crippen molar-refractivity contribution in [2.75, 3.05) is 6.54 Å². The minimum absolute atomic E-state index is 0.291. The van der Waals surface area contributed by atoms with Crippen LogP contribution in [0.5, 0.6) is 0 Å². The summed E-state index contributed by atoms with van der Waals surface area (Å²) in [4.78, 5) is 11.4. The molecule has 0 unspecified atom stereocenters. The number of unbranched alkanes of at least 4 members (excludes halogenated alkanes) is 1. The van der Waals surface area contributed by atoms with Gasteiger partial charge in [-0.25, -0.2) is 8.78 Å². The summed E-state index contributed by atoms with van der Waals surface area (Å²) in [6.45, 7) is 0.346. The fourth-order valence-electron chi connectivity index (χ4n) is 1.16. The zero-order chi connectivity index (χ0) is 12.0. The van der Waals surface area contributed by atoms with Gasteiger partial charge in [-0.15, -0.1) is 12.3 Å². The second-order valence-electron chi connectivity index (χ2n) is 3.19. The lowest BCUT2D eigenvalue weighted by Crippen LogP contribution is -2.25. The molecule has 0 atom stereocenters. The SMILES string of the molecule is C#CCCCNC(=O)c1cc(F)ccc1F. The second-order valence-corrected chi connectivity index (χ2v) is 3.19. The first-order chi connectivity index (χ1) is 7.65. The maximum atomic E-state index is 13.1. The van der Waals surface area contributed by atoms with Gasteiger partial charge in [0, 0.05) is 13.0 Å². The highest BCUT2D eigenvalue weighted by Gasteiger charge is 2.11. The number of amides is 1. The van der Waals surface area contributed by atoms with Crippen LogP contribution in [0.25, 0.3) is 0 Å². The Bertz CT molecular complexity index is 424. The van der Waals surface area contributed by atoms with Crippen LogP contribution in [0.1, 0.15) is 23.2 Å². The molecule has 0 saturated carbocycles. The van der Waals surface area contributed by atoms with Gasteiger partial charge in [0.1, 0.15) is 11.6 Å². The maximum absolute atomic E-state index is 13.1. The summed E-state index contributed by atoms with van der Waals surface area (Å²) in [5, 5.41) is 2.46. The standard InChI is InChI=1S/C12H11F2NO/c1-2-3-4-7-15-12(16)10-8-9(13)5-6-11(10)14/h1,5-6,8H,3-4,7H2,(H,15,16). The largest absolute Gasteiger partial charge is 0.352 e. The van der Waals surface area contributed by atoms with Crippen LogP contribution >= 0.6 is 0 Å². The Morgan fingerprint density at radius 1 is 1.44 bits per heavy atom. The summed E-state index contributed by atoms with van der Waals surface area (Å²) in [5.74, 6) is 0.402. The van der Waals surface area contributed by atoms with Gasteiger partial charge in [0.2, 0.25) is 0 Å². The van der Waals surface area contributed by atoms with E-state index >= 15 is 0 Å². The van der Waals surface area contributed by atoms with Crippen molar-refractivity contribution in [2.24, 2.45) is 0 Å². The number of nitrogens with one attached hydrogen (secondary N) is 1. The van der Waals surface area contributed by atoms with E-state index in [4.69, 9.17) is 6.42 Å². The van der Waals surface area contributed by atoms with Gasteiger partial charge in [-0.05, 0) is 24.6 Å². The quantitative estimate of drug-likeness (QED) is 0.614. The van der Waals surface area contributed by atoms with Gasteiger partial charge in [0.05, 0.1) is 5.56 Å². The average Bonchev–Trinajstić information content (AvgIpc) is 2.27. The highest BCUT2D eigenvalue weighted by Crippen LogP contribution is 2.09. The lowest BCUT2D eigenvalue weighted by Gasteiger charge is -2.04. The van der Waals surface area contributed by atoms with Gasteiger partial charge in [0.25, 0.3) is 5.91 Å². The molecule has 1 N–H and O–H groups in total. The molecule has 0 heterocycles. The zero-order valence-electron chi connectivity index (χ0n) is 8.59. The predicted molar refractivity (Wildman–Crippen MR) is 56.8 cm³/mol. The Morgan fingerprint density at radius 3 is 2.88 bits per heavy atom. The smallest absolute Gasteiger partial charge is 0.254 e. The molecule has 0 saturated heterocycles. The molecule has 84 valence electrons. The molecule has 1 aromatic rings. The van der Waals surface area contributed by atoms with Gasteiger partial charge >= 0.3 is 0 Å². The summed E-state index contributed by atoms with van der Waals surface area (Å²) in [6, 6.07) is 2.75. The average molecular weight is 223 g/mol. The van der Waals surface area contributed by atoms with Crippen LogP contribution < -0.4 is 5.32 Å². The van der Waals surface area contributed by atoms with Crippen molar-refractivity contribution in [2.45, 2.75) is 12.8 Å². The third kappa shape index (κ3) is 3.35. The van der Waals surface area contributed by atoms with E-state index in [1.807, 2.05) is 0 Å². The highest BCUT2D eigenvalue weighted by atomic mass is 19.1. The minimum Gasteiger partial charge on any atom is -0.352 e. The van der Waals surface area contributed by atoms with Crippen LogP contribution in [-0.2, 0) is 0 Å². The number of halogens is 2. The molecule has 0 radical (unpaired) electrons. The van der Waals surface area contributed by atoms with Crippen LogP contribution in [0.4, 0.5) is 8.78 Å². The maximum Gasteiger partial charge on any atom is 0.254 e. The van der Waals surface area contributed by atoms with E-state index in [0.717, 1.165) is 18.2 Å². The molecular weight excluding hydrogens is 212 g/mol. The van der Waals surface area contributed by atoms with Crippen molar-refractivity contribution in [3.8, 4) is 12.3 Å². The van der Waals surface area contributed by atoms with Crippen LogP contribution in [0.2, 0.25) is 0 Å². The van der Waals surface area contributed by atoms with E-state index in [1.165, 1.54) is 0 Å². The number of rotatable bonds is 4. The molecule has 0 aliphatic heterocycles. The Labute approximate surface area is 92.7 Å². The number of carbonyl (C=O) groups excluding carboxylic acids is 1. The van der Waals surface area contributed by atoms with E-state index in [1.54, 1.807) is 0 Å². The molecule has 1 amide bonds. The number of terminal acetylenes is 1. The molecule has 16 heavy (non-hydrogen) atoms. The lowest BCUT2D eigenvalue weighted by atomic mass is 10.2. The molecule has 4 heteroatoms. The number of benzene rings is 1. The molecule has 2 nitrogen and oxygen atoms in total. The van der Waals surface area contributed by atoms with Crippen molar-refractivity contribution in [1.82, 2.24) is 5.32 Å². The molecule has 0 spiro atoms. The zero-order valence-corrected chi connectivity index (χ0v) is 8.59. The monoisotopic (exact) mass is 223 g/mol. The summed E-state index contributed by atoms with van der Waals surface area (Å²) < 4.78 is 25.9. The van der Waals surface area contributed by atoms with Crippen molar-refractivity contribution < 1.29 is 13.6 Å². The summed E-state index contributed by atoms with van der Waals surface area (Å²) in [7, 11) is 0. The minimum atomic E-state index is -0.740. The Morgan fingerprint density at radius 2 is 2.19 bits per heavy atom. The highest BCUT2D eigenvalue weighted by molar-refractivity contribution is 5.94. The van der Waals surface area contributed by atoms with E-state index in [2.05, 4.69) is 11.2 Å². The van der Waals surface area contributed by atoms with Crippen molar-refractivity contribution >= 4 is 5.91 Å². The number of hydrogen-bond donors (Lipinski definition) is 1. The van der Waals surface area contributed by atoms with Crippen molar-refractivity contribution in [3.63, 3.8) is 0 Å². The van der Waals surface area contributed by atoms with Crippen LogP contribution in [0, 0.1) is 24.0 Å². The third-order valence-electron chi connectivity index (χ3n) is 1.96. The fraction of sp³-hybridized carbons (Fsp3) is 0.250. The first-order valence-electron chi connectivity index (χ1n) is 4.82. The Kier molecular flexibility index (Phi) is 4.46. The first-order valence-corrected chi connectivity index (χ1v) is 4.82. The predicted octanol–water partition coefficient (Wildman–Crippen LogP) is 2.11. The number of hydrogen-bond acceptors (Lipinski definition) is 1. The van der Waals surface area contributed by atoms with E-state index in [0.29, 0.717) is 19.4 Å². The topological polar surface area (TPSA) is 29.1 Å². The van der Waals surface area contributed by atoms with Crippen LogP contribution in [-0.4, -0.2) is 12.5 Å². The lowest BCUT2D eigenvalue weighted by molar-refractivity contribution is 0.0949. The van der Waals surface area contributed by atoms with E-state index in [-0.39, 0.29) is 5.56 Å². The van der Waals surface area contributed by atoms with Gasteiger partial charge in [-0.3, -0.25) is 4.79 Å². The third-order valence-corrected chi connectivity index (χ3v) is 1.96. The van der Waals surface area contributed by atoms with Crippen LogP contribution in [0.3, 0.4) is 0 Å². The van der Waals surface area contributed by atoms with Gasteiger partial charge in [0.15, 0.2) is 0 Å². The normalized spacial score (nSPS) is 9.56. The van der Waals surface area contributed by atoms with Crippen molar-refractivity contribution in [1.29, 1.82) is 0 Å². The first kappa shape index (κ1) is 12.2. The Balaban J connectivity index is 2.59. The van der Waals surface area contributed by atoms with E-state index < -0.39 is 17.5 Å². The fourth-order valence-corrected chi connectivity index (χ4v) is 1.16. The molecule has 0 aliphatic carbocycles. The molecule has 0 aliphatic rings. The van der Waals surface area contributed by atoms with Gasteiger partial charge in [-0.2, -0.15) is 0 Å². The molecular formula is C12H11F2NO. The van der Waals surface area contributed by atoms with Crippen LogP contribution in [0.15, 0.2) is 18.2 Å². The number of carbonyl (C=O) groups is 1. The second kappa shape index (κ2) is 5.86. The summed E-state index contributed by atoms with van der Waals surface area (Å²) in [5.41, 5.74) is -0.291. The molecule has 0 fully saturated rings. The van der Waals surface area contributed by atoms with Gasteiger partial charge in [-0.1, -0.05) is 0 Å². The molecule has 1 rings (SSSR count). The van der Waals surface area contributed by atoms with Gasteiger partial charge < -0.3 is 5.32 Å². The summed E-state index contributed by atoms with van der Waals surface area (Å²) in [6.07, 6.45) is 6.17. The molecule has 0 bridgehead atoms. The Hall–Kier alpha value is -1.89. The van der Waals surface area contributed by atoms with E-state index in [9.17, 15) is 13.6 Å². The summed E-state index contributed by atoms with van der Waals surface area (Å²) >= 11 is 0.